The van der Waals surface area contributed by atoms with Gasteiger partial charge in [-0.25, -0.2) is 0 Å². The van der Waals surface area contributed by atoms with E-state index in [1.165, 1.54) is 32.3 Å². The predicted molar refractivity (Wildman–Crippen MR) is 111 cm³/mol. The highest BCUT2D eigenvalue weighted by Gasteiger charge is 2.14. The molecule has 2 N–H and O–H groups in total. The van der Waals surface area contributed by atoms with E-state index in [1.807, 2.05) is 12.1 Å². The van der Waals surface area contributed by atoms with E-state index in [1.54, 1.807) is 36.4 Å². The molecule has 0 saturated carbocycles. The Morgan fingerprint density at radius 2 is 1.79 bits per heavy atom. The molecule has 5 heteroatoms. The van der Waals surface area contributed by atoms with E-state index in [4.69, 9.17) is 0 Å². The molecule has 2 aromatic rings. The topological polar surface area (TPSA) is 69.6 Å². The molecular weight excluding hydrogens is 352 g/mol. The molecule has 0 radical (unpaired) electrons. The Labute approximate surface area is 165 Å². The number of hydrogen-bond donors (Lipinski definition) is 2. The molecule has 0 spiro atoms. The number of allylic oxidation sites excluding steroid dienone is 1. The number of phenolic OH excluding ortho intramolecular Hbond substituents is 1. The smallest absolute Gasteiger partial charge is 0.221 e. The fourth-order valence-electron chi connectivity index (χ4n) is 3.37. The van der Waals surface area contributed by atoms with Crippen LogP contribution in [0.4, 0.5) is 5.69 Å². The van der Waals surface area contributed by atoms with Crippen molar-refractivity contribution in [2.24, 2.45) is 0 Å². The number of phenols is 1. The van der Waals surface area contributed by atoms with Gasteiger partial charge in [0.25, 0.3) is 0 Å². The Kier molecular flexibility index (Phi) is 6.61. The first-order valence-electron chi connectivity index (χ1n) is 9.65. The van der Waals surface area contributed by atoms with Crippen molar-refractivity contribution in [1.29, 1.82) is 0 Å². The number of likely N-dealkylation sites (tertiary alicyclic amines) is 1. The first-order valence-corrected chi connectivity index (χ1v) is 9.65. The van der Waals surface area contributed by atoms with Crippen LogP contribution >= 0.6 is 0 Å². The maximum atomic E-state index is 12.5. The Hall–Kier alpha value is -2.92. The lowest BCUT2D eigenvalue weighted by Crippen LogP contribution is -2.29. The summed E-state index contributed by atoms with van der Waals surface area (Å²) in [6, 6.07) is 12.3. The summed E-state index contributed by atoms with van der Waals surface area (Å²) in [5.74, 6) is 0.0108. The van der Waals surface area contributed by atoms with Gasteiger partial charge in [-0.15, -0.1) is 0 Å². The van der Waals surface area contributed by atoms with Crippen LogP contribution < -0.4 is 5.32 Å². The standard InChI is InChI=1S/C23H26N2O3/c1-17(26)24-21-9-5-18(6-10-21)7-11-22(27)19-8-12-23(28)20(15-19)16-25-13-3-2-4-14-25/h5-12,15,28H,2-4,13-14,16H2,1H3,(H,24,26)/b11-7+. The number of amides is 1. The lowest BCUT2D eigenvalue weighted by molar-refractivity contribution is -0.114. The normalized spacial score (nSPS) is 14.9. The van der Waals surface area contributed by atoms with Gasteiger partial charge in [0.2, 0.25) is 5.91 Å². The Bertz CT molecular complexity index is 866. The molecule has 0 atom stereocenters. The van der Waals surface area contributed by atoms with E-state index in [0.717, 1.165) is 29.9 Å². The number of carbonyl (C=O) groups is 2. The van der Waals surface area contributed by atoms with Crippen LogP contribution in [-0.4, -0.2) is 34.8 Å². The zero-order chi connectivity index (χ0) is 19.9. The summed E-state index contributed by atoms with van der Waals surface area (Å²) in [4.78, 5) is 25.9. The minimum atomic E-state index is -0.119. The minimum Gasteiger partial charge on any atom is -0.508 e. The summed E-state index contributed by atoms with van der Waals surface area (Å²) in [5, 5.41) is 12.9. The molecule has 5 nitrogen and oxygen atoms in total. The third-order valence-corrected chi connectivity index (χ3v) is 4.86. The predicted octanol–water partition coefficient (Wildman–Crippen LogP) is 4.23. The van der Waals surface area contributed by atoms with Gasteiger partial charge in [0.1, 0.15) is 5.75 Å². The van der Waals surface area contributed by atoms with Crippen molar-refractivity contribution in [1.82, 2.24) is 4.90 Å². The fraction of sp³-hybridized carbons (Fsp3) is 0.304. The quantitative estimate of drug-likeness (QED) is 0.583. The van der Waals surface area contributed by atoms with Crippen LogP contribution in [0.2, 0.25) is 0 Å². The largest absolute Gasteiger partial charge is 0.508 e. The van der Waals surface area contributed by atoms with Gasteiger partial charge in [0.05, 0.1) is 0 Å². The average molecular weight is 378 g/mol. The van der Waals surface area contributed by atoms with E-state index in [9.17, 15) is 14.7 Å². The van der Waals surface area contributed by atoms with Gasteiger partial charge < -0.3 is 10.4 Å². The van der Waals surface area contributed by atoms with Gasteiger partial charge in [-0.05, 0) is 67.9 Å². The minimum absolute atomic E-state index is 0.106. The van der Waals surface area contributed by atoms with Gasteiger partial charge >= 0.3 is 0 Å². The van der Waals surface area contributed by atoms with Crippen LogP contribution in [0, 0.1) is 0 Å². The number of ketones is 1. The van der Waals surface area contributed by atoms with E-state index in [-0.39, 0.29) is 17.4 Å². The van der Waals surface area contributed by atoms with E-state index < -0.39 is 0 Å². The van der Waals surface area contributed by atoms with Crippen molar-refractivity contribution in [2.75, 3.05) is 18.4 Å². The van der Waals surface area contributed by atoms with Crippen molar-refractivity contribution in [3.63, 3.8) is 0 Å². The van der Waals surface area contributed by atoms with Crippen LogP contribution in [0.15, 0.2) is 48.5 Å². The molecule has 2 aromatic carbocycles. The maximum Gasteiger partial charge on any atom is 0.221 e. The van der Waals surface area contributed by atoms with Crippen LogP contribution in [0.25, 0.3) is 6.08 Å². The first kappa shape index (κ1) is 19.8. The fourth-order valence-corrected chi connectivity index (χ4v) is 3.37. The number of benzene rings is 2. The molecule has 28 heavy (non-hydrogen) atoms. The number of hydrogen-bond acceptors (Lipinski definition) is 4. The van der Waals surface area contributed by atoms with Gasteiger partial charge in [0, 0.05) is 30.3 Å². The van der Waals surface area contributed by atoms with Gasteiger partial charge in [-0.3, -0.25) is 14.5 Å². The molecule has 1 heterocycles. The lowest BCUT2D eigenvalue weighted by atomic mass is 10.0. The molecule has 1 aliphatic heterocycles. The molecule has 0 aromatic heterocycles. The molecule has 3 rings (SSSR count). The van der Waals surface area contributed by atoms with E-state index in [2.05, 4.69) is 10.2 Å². The van der Waals surface area contributed by atoms with Gasteiger partial charge in [-0.1, -0.05) is 24.6 Å². The molecule has 1 amide bonds. The van der Waals surface area contributed by atoms with Crippen molar-refractivity contribution in [3.8, 4) is 5.75 Å². The summed E-state index contributed by atoms with van der Waals surface area (Å²) in [7, 11) is 0. The number of carbonyl (C=O) groups excluding carboxylic acids is 2. The SMILES string of the molecule is CC(=O)Nc1ccc(/C=C/C(=O)c2ccc(O)c(CN3CCCCC3)c2)cc1. The van der Waals surface area contributed by atoms with Crippen LogP contribution in [-0.2, 0) is 11.3 Å². The number of rotatable bonds is 6. The zero-order valence-corrected chi connectivity index (χ0v) is 16.1. The zero-order valence-electron chi connectivity index (χ0n) is 16.1. The number of anilines is 1. The van der Waals surface area contributed by atoms with Crippen molar-refractivity contribution in [3.05, 3.63) is 65.2 Å². The summed E-state index contributed by atoms with van der Waals surface area (Å²) >= 11 is 0. The average Bonchev–Trinajstić information content (AvgIpc) is 2.69. The second-order valence-electron chi connectivity index (χ2n) is 7.18. The number of aromatic hydroxyl groups is 1. The van der Waals surface area contributed by atoms with Crippen molar-refractivity contribution in [2.45, 2.75) is 32.7 Å². The molecule has 0 aliphatic carbocycles. The molecule has 1 saturated heterocycles. The monoisotopic (exact) mass is 378 g/mol. The van der Waals surface area contributed by atoms with Crippen molar-refractivity contribution >= 4 is 23.5 Å². The molecule has 0 bridgehead atoms. The lowest BCUT2D eigenvalue weighted by Gasteiger charge is -2.26. The molecular formula is C23H26N2O3. The Morgan fingerprint density at radius 1 is 1.07 bits per heavy atom. The second-order valence-corrected chi connectivity index (χ2v) is 7.18. The first-order chi connectivity index (χ1) is 13.5. The highest BCUT2D eigenvalue weighted by atomic mass is 16.3. The van der Waals surface area contributed by atoms with Gasteiger partial charge in [0.15, 0.2) is 5.78 Å². The second kappa shape index (κ2) is 9.33. The van der Waals surface area contributed by atoms with E-state index in [0.29, 0.717) is 12.1 Å². The van der Waals surface area contributed by atoms with Crippen LogP contribution in [0.3, 0.4) is 0 Å². The summed E-state index contributed by atoms with van der Waals surface area (Å²) in [6.45, 7) is 4.20. The third kappa shape index (κ3) is 5.54. The summed E-state index contributed by atoms with van der Waals surface area (Å²) in [5.41, 5.74) is 2.95. The van der Waals surface area contributed by atoms with E-state index >= 15 is 0 Å². The number of nitrogens with zero attached hydrogens (tertiary/aromatic N) is 1. The number of nitrogens with one attached hydrogen (secondary N) is 1. The summed E-state index contributed by atoms with van der Waals surface area (Å²) in [6.07, 6.45) is 6.91. The van der Waals surface area contributed by atoms with Crippen LogP contribution in [0.1, 0.15) is 47.7 Å². The summed E-state index contributed by atoms with van der Waals surface area (Å²) < 4.78 is 0. The Balaban J connectivity index is 1.67. The molecule has 146 valence electrons. The highest BCUT2D eigenvalue weighted by molar-refractivity contribution is 6.07. The number of piperidine rings is 1. The highest BCUT2D eigenvalue weighted by Crippen LogP contribution is 2.23. The van der Waals surface area contributed by atoms with Crippen LogP contribution in [0.5, 0.6) is 5.75 Å². The maximum absolute atomic E-state index is 12.5. The van der Waals surface area contributed by atoms with Crippen molar-refractivity contribution < 1.29 is 14.7 Å². The van der Waals surface area contributed by atoms with Gasteiger partial charge in [-0.2, -0.15) is 0 Å². The molecule has 1 fully saturated rings. The Morgan fingerprint density at radius 3 is 2.46 bits per heavy atom. The third-order valence-electron chi connectivity index (χ3n) is 4.86. The molecule has 1 aliphatic rings. The molecule has 0 unspecified atom stereocenters.